The summed E-state index contributed by atoms with van der Waals surface area (Å²) >= 11 is 3.17. The smallest absolute Gasteiger partial charge is 0.396 e. The molecule has 0 radical (unpaired) electrons. The topological polar surface area (TPSA) is 139 Å². The van der Waals surface area contributed by atoms with E-state index in [0.717, 1.165) is 34.9 Å². The number of carbonyl (C=O) groups excluding carboxylic acids is 3. The minimum atomic E-state index is -3.92. The van der Waals surface area contributed by atoms with Crippen molar-refractivity contribution in [3.05, 3.63) is 17.0 Å². The van der Waals surface area contributed by atoms with Gasteiger partial charge in [-0.3, -0.25) is 18.9 Å². The molecule has 2 aromatic heterocycles. The van der Waals surface area contributed by atoms with Crippen molar-refractivity contribution in [1.82, 2.24) is 4.98 Å². The van der Waals surface area contributed by atoms with Gasteiger partial charge in [-0.25, -0.2) is 4.98 Å². The van der Waals surface area contributed by atoms with Crippen LogP contribution in [0.3, 0.4) is 0 Å². The van der Waals surface area contributed by atoms with E-state index in [0.29, 0.717) is 17.1 Å². The maximum Gasteiger partial charge on any atom is 0.396 e. The molecule has 0 aromatic carbocycles. The first-order valence-corrected chi connectivity index (χ1v) is 14.8. The summed E-state index contributed by atoms with van der Waals surface area (Å²) < 4.78 is 30.5. The van der Waals surface area contributed by atoms with Crippen LogP contribution < -0.4 is 11.2 Å². The van der Waals surface area contributed by atoms with Crippen LogP contribution in [0.15, 0.2) is 16.5 Å². The minimum Gasteiger partial charge on any atom is -0.446 e. The van der Waals surface area contributed by atoms with Gasteiger partial charge in [0.1, 0.15) is 10.6 Å². The van der Waals surface area contributed by atoms with Gasteiger partial charge in [-0.15, -0.1) is 0 Å². The molecule has 2 N–H and O–H groups in total. The number of ketones is 1. The highest BCUT2D eigenvalue weighted by Crippen LogP contribution is 2.48. The highest BCUT2D eigenvalue weighted by atomic mass is 32.2. The van der Waals surface area contributed by atoms with E-state index in [9.17, 15) is 18.9 Å². The van der Waals surface area contributed by atoms with E-state index >= 15 is 0 Å². The Labute approximate surface area is 211 Å². The Morgan fingerprint density at radius 1 is 1.15 bits per heavy atom. The van der Waals surface area contributed by atoms with Crippen LogP contribution >= 0.6 is 42.5 Å². The first-order valence-electron chi connectivity index (χ1n) is 10.5. The van der Waals surface area contributed by atoms with Gasteiger partial charge in [0.25, 0.3) is 0 Å². The molecule has 0 fully saturated rings. The van der Waals surface area contributed by atoms with Gasteiger partial charge >= 0.3 is 7.60 Å². The number of thiazole rings is 1. The lowest BCUT2D eigenvalue weighted by molar-refractivity contribution is -0.111. The molecule has 2 heterocycles. The third-order valence-corrected chi connectivity index (χ3v) is 8.64. The molecule has 0 spiro atoms. The van der Waals surface area contributed by atoms with Gasteiger partial charge in [0, 0.05) is 30.3 Å². The molecule has 34 heavy (non-hydrogen) atoms. The maximum absolute atomic E-state index is 13.6. The molecule has 1 unspecified atom stereocenters. The van der Waals surface area contributed by atoms with Crippen LogP contribution in [0.2, 0.25) is 0 Å². The lowest BCUT2D eigenvalue weighted by Crippen LogP contribution is -2.19. The average Bonchev–Trinajstić information content (AvgIpc) is 3.40. The Bertz CT molecular complexity index is 1070. The quantitative estimate of drug-likeness (QED) is 0.217. The molecule has 0 amide bonds. The first-order chi connectivity index (χ1) is 15.9. The average molecular weight is 549 g/mol. The Kier molecular flexibility index (Phi) is 10.6. The maximum atomic E-state index is 13.6. The summed E-state index contributed by atoms with van der Waals surface area (Å²) in [5.74, 6) is 0.635. The van der Waals surface area contributed by atoms with Crippen molar-refractivity contribution in [2.75, 3.05) is 30.5 Å². The fourth-order valence-corrected chi connectivity index (χ4v) is 6.27. The van der Waals surface area contributed by atoms with E-state index in [2.05, 4.69) is 4.98 Å². The van der Waals surface area contributed by atoms with Crippen molar-refractivity contribution in [2.24, 2.45) is 5.41 Å². The first kappa shape index (κ1) is 28.8. The van der Waals surface area contributed by atoms with Gasteiger partial charge in [0.2, 0.25) is 5.50 Å². The molecule has 0 saturated carbocycles. The van der Waals surface area contributed by atoms with Gasteiger partial charge in [-0.1, -0.05) is 62.6 Å². The minimum absolute atomic E-state index is 0.00494. The molecular weight excluding hydrogens is 519 g/mol. The number of furan rings is 1. The molecule has 0 aliphatic rings. The van der Waals surface area contributed by atoms with Crippen molar-refractivity contribution in [3.63, 3.8) is 0 Å². The van der Waals surface area contributed by atoms with Crippen molar-refractivity contribution in [3.8, 4) is 11.5 Å². The normalized spacial score (nSPS) is 13.6. The molecule has 0 saturated heterocycles. The molecule has 2 aromatic rings. The van der Waals surface area contributed by atoms with Crippen LogP contribution in [0.1, 0.15) is 50.7 Å². The second-order valence-corrected chi connectivity index (χ2v) is 13.4. The fraction of sp³-hybridized carbons (Fsp3) is 0.524. The van der Waals surface area contributed by atoms with E-state index in [4.69, 9.17) is 19.2 Å². The number of nitrogens with two attached hydrogens (primary N) is 1. The molecule has 13 heteroatoms. The van der Waals surface area contributed by atoms with Crippen molar-refractivity contribution in [2.45, 2.75) is 41.0 Å². The fourth-order valence-electron chi connectivity index (χ4n) is 2.52. The number of aromatic nitrogens is 1. The second-order valence-electron chi connectivity index (χ2n) is 8.02. The van der Waals surface area contributed by atoms with Crippen molar-refractivity contribution in [1.29, 1.82) is 0 Å². The predicted octanol–water partition coefficient (Wildman–Crippen LogP) is 5.02. The standard InChI is InChI=1S/C21H29N2O7PS3/c1-6-15(25)33-12-10-29-31(27,28-9-11-32-13(2)24)16-8-7-14(30-16)17-18(34-20(22)23-17)19(26)21(3,4)5/h7-8H,6,9-12H2,1-5H3,(H2,22,23). The summed E-state index contributed by atoms with van der Waals surface area (Å²) in [5, 5.41) is 0.107. The van der Waals surface area contributed by atoms with E-state index in [1.165, 1.54) is 19.1 Å². The van der Waals surface area contributed by atoms with Crippen LogP contribution in [-0.2, 0) is 23.2 Å². The molecule has 1 atom stereocenters. The second kappa shape index (κ2) is 12.5. The van der Waals surface area contributed by atoms with Gasteiger partial charge in [-0.05, 0) is 12.1 Å². The van der Waals surface area contributed by atoms with Gasteiger partial charge in [0.15, 0.2) is 26.9 Å². The number of rotatable bonds is 12. The van der Waals surface area contributed by atoms with Crippen LogP contribution in [0.5, 0.6) is 0 Å². The Morgan fingerprint density at radius 3 is 2.32 bits per heavy atom. The van der Waals surface area contributed by atoms with E-state index in [-0.39, 0.29) is 57.1 Å². The highest BCUT2D eigenvalue weighted by molar-refractivity contribution is 8.13. The third-order valence-electron chi connectivity index (χ3n) is 4.17. The van der Waals surface area contributed by atoms with Crippen LogP contribution in [0.4, 0.5) is 5.13 Å². The predicted molar refractivity (Wildman–Crippen MR) is 138 cm³/mol. The van der Waals surface area contributed by atoms with E-state index < -0.39 is 13.0 Å². The number of thioether (sulfide) groups is 2. The summed E-state index contributed by atoms with van der Waals surface area (Å²) in [4.78, 5) is 40.1. The number of hydrogen-bond donors (Lipinski definition) is 1. The Hall–Kier alpha value is -1.43. The number of carbonyl (C=O) groups is 3. The highest BCUT2D eigenvalue weighted by Gasteiger charge is 2.34. The molecule has 0 bridgehead atoms. The van der Waals surface area contributed by atoms with Crippen LogP contribution in [-0.4, -0.2) is 45.7 Å². The van der Waals surface area contributed by atoms with Crippen molar-refractivity contribution >= 4 is 69.1 Å². The van der Waals surface area contributed by atoms with E-state index in [1.807, 2.05) is 0 Å². The zero-order valence-corrected chi connectivity index (χ0v) is 23.1. The summed E-state index contributed by atoms with van der Waals surface area (Å²) in [5.41, 5.74) is 5.40. The lowest BCUT2D eigenvalue weighted by Gasteiger charge is -2.16. The van der Waals surface area contributed by atoms with E-state index in [1.54, 1.807) is 27.7 Å². The molecule has 2 rings (SSSR count). The van der Waals surface area contributed by atoms with Gasteiger partial charge < -0.3 is 19.2 Å². The van der Waals surface area contributed by atoms with Gasteiger partial charge in [-0.2, -0.15) is 0 Å². The number of anilines is 1. The molecule has 0 aliphatic carbocycles. The van der Waals surface area contributed by atoms with Crippen LogP contribution in [0, 0.1) is 5.41 Å². The van der Waals surface area contributed by atoms with Crippen LogP contribution in [0.25, 0.3) is 11.5 Å². The lowest BCUT2D eigenvalue weighted by atomic mass is 9.89. The zero-order valence-electron chi connectivity index (χ0n) is 19.7. The third kappa shape index (κ3) is 8.07. The molecule has 9 nitrogen and oxygen atoms in total. The SMILES string of the molecule is CCC(=O)SCCOP(=O)(OCCSC(C)=O)c1ccc(-c2nc(N)sc2C(=O)C(C)(C)C)o1. The zero-order chi connectivity index (χ0) is 25.5. The number of Topliss-reactive ketones (excluding diaryl/α,β-unsaturated/α-hetero) is 1. The Balaban J connectivity index is 2.29. The largest absolute Gasteiger partial charge is 0.446 e. The molecular formula is C21H29N2O7PS3. The monoisotopic (exact) mass is 548 g/mol. The summed E-state index contributed by atoms with van der Waals surface area (Å²) in [6.07, 6.45) is 0.384. The molecule has 0 aliphatic heterocycles. The number of hydrogen-bond acceptors (Lipinski definition) is 12. The molecule has 188 valence electrons. The summed E-state index contributed by atoms with van der Waals surface area (Å²) in [6.45, 7) is 8.52. The van der Waals surface area contributed by atoms with Crippen molar-refractivity contribution < 1.29 is 32.4 Å². The number of nitrogens with zero attached hydrogens (tertiary/aromatic N) is 1. The summed E-state index contributed by atoms with van der Waals surface area (Å²) in [6, 6.07) is 2.97. The van der Waals surface area contributed by atoms with Gasteiger partial charge in [0.05, 0.1) is 13.2 Å². The summed E-state index contributed by atoms with van der Waals surface area (Å²) in [7, 11) is -3.92. The Morgan fingerprint density at radius 2 is 1.76 bits per heavy atom. The number of nitrogen functional groups attached to an aromatic ring is 1.